The van der Waals surface area contributed by atoms with E-state index in [1.165, 1.54) is 61.5 Å². The number of amides is 2. The maximum absolute atomic E-state index is 12.6. The van der Waals surface area contributed by atoms with Crippen LogP contribution < -0.4 is 10.9 Å². The van der Waals surface area contributed by atoms with Gasteiger partial charge in [-0.05, 0) is 59.7 Å². The standard InChI is InChI=1S/2C13H10FN3O.Co/c2*14-12-3-1-10(2-4-12)9-16-17-13(18)11-5-7-15-8-6-11;/h2*1-9H,(H,17,18);/b2*16-9-;. The number of carbonyl (C=O) groups excluding carboxylic acids is 2. The number of benzene rings is 2. The summed E-state index contributed by atoms with van der Waals surface area (Å²) in [6, 6.07) is 17.9. The van der Waals surface area contributed by atoms with Gasteiger partial charge in [0.15, 0.2) is 0 Å². The van der Waals surface area contributed by atoms with Gasteiger partial charge in [-0.25, -0.2) is 19.6 Å². The van der Waals surface area contributed by atoms with Crippen LogP contribution in [0.15, 0.2) is 108 Å². The second kappa shape index (κ2) is 15.4. The number of hydrogen-bond acceptors (Lipinski definition) is 6. The van der Waals surface area contributed by atoms with Crippen molar-refractivity contribution in [2.24, 2.45) is 10.2 Å². The smallest absolute Gasteiger partial charge is 0.267 e. The van der Waals surface area contributed by atoms with Crippen molar-refractivity contribution in [3.63, 3.8) is 0 Å². The van der Waals surface area contributed by atoms with Crippen molar-refractivity contribution in [2.75, 3.05) is 0 Å². The first-order chi connectivity index (χ1) is 17.5. The monoisotopic (exact) mass is 545 g/mol. The molecular weight excluding hydrogens is 525 g/mol. The zero-order valence-corrected chi connectivity index (χ0v) is 20.1. The van der Waals surface area contributed by atoms with E-state index in [0.717, 1.165) is 0 Å². The fourth-order valence-corrected chi connectivity index (χ4v) is 2.56. The Morgan fingerprint density at radius 1 is 0.595 bits per heavy atom. The van der Waals surface area contributed by atoms with Crippen LogP contribution in [-0.4, -0.2) is 34.2 Å². The quantitative estimate of drug-likeness (QED) is 0.282. The summed E-state index contributed by atoms with van der Waals surface area (Å²) < 4.78 is 25.3. The van der Waals surface area contributed by atoms with Gasteiger partial charge in [0.05, 0.1) is 12.4 Å². The molecule has 0 aliphatic heterocycles. The van der Waals surface area contributed by atoms with Crippen molar-refractivity contribution in [2.45, 2.75) is 0 Å². The van der Waals surface area contributed by atoms with Gasteiger partial charge in [0.25, 0.3) is 11.8 Å². The molecule has 189 valence electrons. The molecule has 1 radical (unpaired) electrons. The van der Waals surface area contributed by atoms with Crippen molar-refractivity contribution in [3.05, 3.63) is 131 Å². The van der Waals surface area contributed by atoms with Gasteiger partial charge in [-0.3, -0.25) is 19.6 Å². The van der Waals surface area contributed by atoms with E-state index >= 15 is 0 Å². The topological polar surface area (TPSA) is 109 Å². The average molecular weight is 545 g/mol. The summed E-state index contributed by atoms with van der Waals surface area (Å²) in [7, 11) is 0. The van der Waals surface area contributed by atoms with Crippen molar-refractivity contribution < 1.29 is 35.1 Å². The van der Waals surface area contributed by atoms with Crippen LogP contribution in [-0.2, 0) is 16.8 Å². The fraction of sp³-hybridized carbons (Fsp3) is 0. The van der Waals surface area contributed by atoms with Crippen LogP contribution >= 0.6 is 0 Å². The molecule has 0 atom stereocenters. The van der Waals surface area contributed by atoms with Crippen molar-refractivity contribution in [3.8, 4) is 0 Å². The van der Waals surface area contributed by atoms with E-state index in [1.807, 2.05) is 0 Å². The molecule has 2 N–H and O–H groups in total. The zero-order valence-electron chi connectivity index (χ0n) is 19.1. The maximum Gasteiger partial charge on any atom is 0.271 e. The number of nitrogens with zero attached hydrogens (tertiary/aromatic N) is 4. The molecule has 2 aromatic heterocycles. The summed E-state index contributed by atoms with van der Waals surface area (Å²) in [6.07, 6.45) is 8.99. The first kappa shape index (κ1) is 28.6. The van der Waals surface area contributed by atoms with Gasteiger partial charge < -0.3 is 0 Å². The Kier molecular flexibility index (Phi) is 11.9. The van der Waals surface area contributed by atoms with Gasteiger partial charge in [-0.2, -0.15) is 10.2 Å². The number of halogens is 2. The maximum atomic E-state index is 12.6. The number of hydrazone groups is 2. The minimum atomic E-state index is -0.323. The first-order valence-corrected chi connectivity index (χ1v) is 10.5. The Labute approximate surface area is 221 Å². The van der Waals surface area contributed by atoms with Crippen LogP contribution in [0.2, 0.25) is 0 Å². The fourth-order valence-electron chi connectivity index (χ4n) is 2.56. The molecule has 0 bridgehead atoms. The molecule has 8 nitrogen and oxygen atoms in total. The molecular formula is C26H20CoF2N6O2. The SMILES string of the molecule is O=C(N/N=C\c1ccc(F)cc1)c1ccncc1.O=C(N/N=C\c1ccc(F)cc1)c1ccncc1.[Co]. The van der Waals surface area contributed by atoms with Crippen LogP contribution in [0, 0.1) is 11.6 Å². The van der Waals surface area contributed by atoms with E-state index in [0.29, 0.717) is 22.3 Å². The molecule has 0 unspecified atom stereocenters. The molecule has 0 spiro atoms. The molecule has 0 aliphatic rings. The molecule has 37 heavy (non-hydrogen) atoms. The first-order valence-electron chi connectivity index (χ1n) is 10.5. The van der Waals surface area contributed by atoms with Gasteiger partial charge in [-0.15, -0.1) is 0 Å². The third-order valence-electron chi connectivity index (χ3n) is 4.38. The normalized spacial score (nSPS) is 10.2. The molecule has 2 aromatic carbocycles. The minimum absolute atomic E-state index is 0. The van der Waals surface area contributed by atoms with E-state index in [1.54, 1.807) is 48.5 Å². The summed E-state index contributed by atoms with van der Waals surface area (Å²) in [4.78, 5) is 30.8. The molecule has 11 heteroatoms. The average Bonchev–Trinajstić information content (AvgIpc) is 2.92. The predicted octanol–water partition coefficient (Wildman–Crippen LogP) is 3.97. The summed E-state index contributed by atoms with van der Waals surface area (Å²) in [5, 5.41) is 7.56. The van der Waals surface area contributed by atoms with Crippen molar-refractivity contribution >= 4 is 24.2 Å². The number of nitrogens with one attached hydrogen (secondary N) is 2. The molecule has 0 aliphatic carbocycles. The molecule has 0 fully saturated rings. The Morgan fingerprint density at radius 3 is 1.24 bits per heavy atom. The number of pyridine rings is 2. The largest absolute Gasteiger partial charge is 0.271 e. The van der Waals surface area contributed by atoms with Crippen LogP contribution in [0.25, 0.3) is 0 Å². The number of carbonyl (C=O) groups is 2. The van der Waals surface area contributed by atoms with Crippen LogP contribution in [0.3, 0.4) is 0 Å². The van der Waals surface area contributed by atoms with E-state index in [2.05, 4.69) is 31.0 Å². The van der Waals surface area contributed by atoms with E-state index in [4.69, 9.17) is 0 Å². The summed E-state index contributed by atoms with van der Waals surface area (Å²) in [5.74, 6) is -1.27. The van der Waals surface area contributed by atoms with Crippen LogP contribution in [0.5, 0.6) is 0 Å². The zero-order chi connectivity index (χ0) is 25.6. The molecule has 4 aromatic rings. The Hall–Kier alpha value is -4.61. The van der Waals surface area contributed by atoms with E-state index in [-0.39, 0.29) is 40.2 Å². The Morgan fingerprint density at radius 2 is 0.919 bits per heavy atom. The van der Waals surface area contributed by atoms with E-state index < -0.39 is 0 Å². The van der Waals surface area contributed by atoms with Gasteiger partial charge in [0.2, 0.25) is 0 Å². The van der Waals surface area contributed by atoms with Crippen LogP contribution in [0.4, 0.5) is 8.78 Å². The molecule has 0 saturated carbocycles. The summed E-state index contributed by atoms with van der Waals surface area (Å²) >= 11 is 0. The van der Waals surface area contributed by atoms with Crippen molar-refractivity contribution in [1.82, 2.24) is 20.8 Å². The molecule has 0 saturated heterocycles. The van der Waals surface area contributed by atoms with E-state index in [9.17, 15) is 18.4 Å². The number of hydrogen-bond donors (Lipinski definition) is 2. The van der Waals surface area contributed by atoms with Gasteiger partial charge >= 0.3 is 0 Å². The Bertz CT molecular complexity index is 1220. The summed E-state index contributed by atoms with van der Waals surface area (Å²) in [6.45, 7) is 0. The second-order valence-corrected chi connectivity index (χ2v) is 6.97. The third kappa shape index (κ3) is 10.3. The number of aromatic nitrogens is 2. The van der Waals surface area contributed by atoms with Crippen LogP contribution in [0.1, 0.15) is 31.8 Å². The van der Waals surface area contributed by atoms with Crippen molar-refractivity contribution in [1.29, 1.82) is 0 Å². The molecule has 4 rings (SSSR count). The molecule has 2 amide bonds. The van der Waals surface area contributed by atoms with Gasteiger partial charge in [0, 0.05) is 52.7 Å². The van der Waals surface area contributed by atoms with Gasteiger partial charge in [-0.1, -0.05) is 24.3 Å². The molecule has 2 heterocycles. The third-order valence-corrected chi connectivity index (χ3v) is 4.38. The second-order valence-electron chi connectivity index (χ2n) is 6.97. The predicted molar refractivity (Wildman–Crippen MR) is 131 cm³/mol. The van der Waals surface area contributed by atoms with Gasteiger partial charge in [0.1, 0.15) is 11.6 Å². The summed E-state index contributed by atoms with van der Waals surface area (Å²) in [5.41, 5.74) is 7.09. The minimum Gasteiger partial charge on any atom is -0.267 e. The number of rotatable bonds is 6. The Balaban J connectivity index is 0.000000253.